The molecule has 0 aliphatic rings. The summed E-state index contributed by atoms with van der Waals surface area (Å²) in [6, 6.07) is 0. The lowest BCUT2D eigenvalue weighted by Crippen LogP contribution is -2.19. The quantitative estimate of drug-likeness (QED) is 0.647. The van der Waals surface area contributed by atoms with Gasteiger partial charge in [0.1, 0.15) is 16.9 Å². The maximum atomic E-state index is 11.7. The van der Waals surface area contributed by atoms with E-state index in [9.17, 15) is 4.79 Å². The van der Waals surface area contributed by atoms with E-state index < -0.39 is 0 Å². The molecule has 2 heterocycles. The summed E-state index contributed by atoms with van der Waals surface area (Å²) in [6.07, 6.45) is 1.51. The molecule has 0 saturated heterocycles. The van der Waals surface area contributed by atoms with E-state index in [0.29, 0.717) is 21.6 Å². The predicted octanol–water partition coefficient (Wildman–Crippen LogP) is 0.695. The fourth-order valence-electron chi connectivity index (χ4n) is 1.18. The molecule has 0 amide bonds. The fraction of sp³-hybridized carbons (Fsp3) is 0.250. The number of hydrogen-bond donors (Lipinski definition) is 1. The summed E-state index contributed by atoms with van der Waals surface area (Å²) in [5.41, 5.74) is 0.314. The van der Waals surface area contributed by atoms with E-state index >= 15 is 0 Å². The van der Waals surface area contributed by atoms with Crippen LogP contribution in [-0.4, -0.2) is 19.5 Å². The monoisotopic (exact) mass is 208 g/mol. The molecule has 0 fully saturated rings. The third-order valence-corrected chi connectivity index (χ3v) is 2.35. The lowest BCUT2D eigenvalue weighted by Gasteiger charge is -2.01. The molecule has 1 N–H and O–H groups in total. The van der Waals surface area contributed by atoms with Gasteiger partial charge in [-0.05, 0) is 19.1 Å². The Balaban J connectivity index is 3.06. The van der Waals surface area contributed by atoms with Crippen molar-refractivity contribution < 1.29 is 0 Å². The summed E-state index contributed by atoms with van der Waals surface area (Å²) in [4.78, 5) is 22.6. The fourth-order valence-corrected chi connectivity index (χ4v) is 1.36. The molecule has 5 nitrogen and oxygen atoms in total. The standard InChI is InChI=1S/C8H8N4OS/c1-4-9-3-5-6(10-4)11-8(14)12(2)7(5)13/h3H,1-2H3,(H,9,10,11,14). The first-order chi connectivity index (χ1) is 6.59. The third kappa shape index (κ3) is 1.24. The van der Waals surface area contributed by atoms with Crippen molar-refractivity contribution in [2.24, 2.45) is 7.05 Å². The van der Waals surface area contributed by atoms with Crippen LogP contribution in [0.3, 0.4) is 0 Å². The highest BCUT2D eigenvalue weighted by atomic mass is 32.1. The van der Waals surface area contributed by atoms with Crippen LogP contribution in [0.15, 0.2) is 11.0 Å². The molecule has 72 valence electrons. The Morgan fingerprint density at radius 2 is 2.29 bits per heavy atom. The lowest BCUT2D eigenvalue weighted by molar-refractivity contribution is 0.818. The summed E-state index contributed by atoms with van der Waals surface area (Å²) >= 11 is 4.96. The number of rotatable bonds is 0. The summed E-state index contributed by atoms with van der Waals surface area (Å²) in [6.45, 7) is 1.76. The molecule has 0 aliphatic heterocycles. The smallest absolute Gasteiger partial charge is 0.265 e. The SMILES string of the molecule is Cc1ncc2c(=O)n(C)c(=S)[nH]c2n1. The normalized spacial score (nSPS) is 10.7. The minimum absolute atomic E-state index is 0.177. The van der Waals surface area contributed by atoms with Gasteiger partial charge in [-0.15, -0.1) is 0 Å². The third-order valence-electron chi connectivity index (χ3n) is 1.97. The Kier molecular flexibility index (Phi) is 1.92. The highest BCUT2D eigenvalue weighted by Gasteiger charge is 2.03. The molecule has 2 aromatic heterocycles. The number of aryl methyl sites for hydroxylation is 1. The molecule has 0 bridgehead atoms. The molecule has 14 heavy (non-hydrogen) atoms. The van der Waals surface area contributed by atoms with Crippen molar-refractivity contribution >= 4 is 23.3 Å². The number of aromatic nitrogens is 4. The number of H-pyrrole nitrogens is 1. The molecule has 0 radical (unpaired) electrons. The highest BCUT2D eigenvalue weighted by molar-refractivity contribution is 7.71. The summed E-state index contributed by atoms with van der Waals surface area (Å²) in [5, 5.41) is 0.451. The van der Waals surface area contributed by atoms with Gasteiger partial charge in [0.25, 0.3) is 5.56 Å². The van der Waals surface area contributed by atoms with Crippen LogP contribution >= 0.6 is 12.2 Å². The van der Waals surface area contributed by atoms with Crippen molar-refractivity contribution in [2.45, 2.75) is 6.92 Å². The van der Waals surface area contributed by atoms with E-state index in [1.807, 2.05) is 0 Å². The van der Waals surface area contributed by atoms with Crippen molar-refractivity contribution in [3.8, 4) is 0 Å². The predicted molar refractivity (Wildman–Crippen MR) is 54.7 cm³/mol. The highest BCUT2D eigenvalue weighted by Crippen LogP contribution is 2.01. The van der Waals surface area contributed by atoms with E-state index in [0.717, 1.165) is 0 Å². The molecule has 0 aliphatic carbocycles. The lowest BCUT2D eigenvalue weighted by atomic mass is 10.4. The Hall–Kier alpha value is -1.56. The van der Waals surface area contributed by atoms with Crippen molar-refractivity contribution in [3.63, 3.8) is 0 Å². The van der Waals surface area contributed by atoms with Crippen LogP contribution < -0.4 is 5.56 Å². The van der Waals surface area contributed by atoms with E-state index in [1.54, 1.807) is 14.0 Å². The molecule has 0 saturated carbocycles. The molecular formula is C8H8N4OS. The van der Waals surface area contributed by atoms with Crippen LogP contribution in [0.2, 0.25) is 0 Å². The van der Waals surface area contributed by atoms with Crippen molar-refractivity contribution in [2.75, 3.05) is 0 Å². The van der Waals surface area contributed by atoms with Gasteiger partial charge in [-0.3, -0.25) is 9.36 Å². The summed E-state index contributed by atoms with van der Waals surface area (Å²) in [5.74, 6) is 0.608. The van der Waals surface area contributed by atoms with Gasteiger partial charge in [0.2, 0.25) is 0 Å². The number of hydrogen-bond acceptors (Lipinski definition) is 4. The average molecular weight is 208 g/mol. The molecule has 0 aromatic carbocycles. The first kappa shape index (κ1) is 9.01. The van der Waals surface area contributed by atoms with E-state index in [-0.39, 0.29) is 5.56 Å². The Morgan fingerprint density at radius 1 is 1.57 bits per heavy atom. The number of nitrogens with one attached hydrogen (secondary N) is 1. The molecule has 0 atom stereocenters. The molecular weight excluding hydrogens is 200 g/mol. The van der Waals surface area contributed by atoms with Crippen LogP contribution in [0.1, 0.15) is 5.82 Å². The topological polar surface area (TPSA) is 63.6 Å². The Labute approximate surface area is 84.5 Å². The van der Waals surface area contributed by atoms with Gasteiger partial charge in [-0.25, -0.2) is 9.97 Å². The molecule has 0 spiro atoms. The number of aromatic amines is 1. The minimum atomic E-state index is -0.177. The van der Waals surface area contributed by atoms with E-state index in [4.69, 9.17) is 12.2 Å². The van der Waals surface area contributed by atoms with Gasteiger partial charge in [-0.1, -0.05) is 0 Å². The summed E-state index contributed by atoms with van der Waals surface area (Å²) in [7, 11) is 1.61. The number of fused-ring (bicyclic) bond motifs is 1. The first-order valence-corrected chi connectivity index (χ1v) is 4.43. The van der Waals surface area contributed by atoms with Crippen molar-refractivity contribution in [3.05, 3.63) is 27.1 Å². The van der Waals surface area contributed by atoms with Gasteiger partial charge >= 0.3 is 0 Å². The molecule has 0 unspecified atom stereocenters. The maximum Gasteiger partial charge on any atom is 0.265 e. The van der Waals surface area contributed by atoms with Crippen LogP contribution in [0, 0.1) is 11.7 Å². The van der Waals surface area contributed by atoms with E-state index in [2.05, 4.69) is 15.0 Å². The Bertz CT molecular complexity index is 613. The zero-order chi connectivity index (χ0) is 10.3. The molecule has 2 aromatic rings. The number of nitrogens with zero attached hydrogens (tertiary/aromatic N) is 3. The second kappa shape index (κ2) is 2.98. The van der Waals surface area contributed by atoms with Gasteiger partial charge in [0.15, 0.2) is 4.77 Å². The van der Waals surface area contributed by atoms with Gasteiger partial charge < -0.3 is 4.98 Å². The zero-order valence-electron chi connectivity index (χ0n) is 7.74. The summed E-state index contributed by atoms with van der Waals surface area (Å²) < 4.78 is 1.72. The average Bonchev–Trinajstić information content (AvgIpc) is 2.14. The molecule has 6 heteroatoms. The van der Waals surface area contributed by atoms with Gasteiger partial charge in [0, 0.05) is 13.2 Å². The van der Waals surface area contributed by atoms with Crippen molar-refractivity contribution in [1.82, 2.24) is 19.5 Å². The maximum absolute atomic E-state index is 11.7. The van der Waals surface area contributed by atoms with Crippen LogP contribution in [-0.2, 0) is 7.05 Å². The van der Waals surface area contributed by atoms with Gasteiger partial charge in [0.05, 0.1) is 0 Å². The van der Waals surface area contributed by atoms with E-state index in [1.165, 1.54) is 10.8 Å². The Morgan fingerprint density at radius 3 is 3.00 bits per heavy atom. The van der Waals surface area contributed by atoms with Crippen molar-refractivity contribution in [1.29, 1.82) is 0 Å². The van der Waals surface area contributed by atoms with Gasteiger partial charge in [-0.2, -0.15) is 0 Å². The zero-order valence-corrected chi connectivity index (χ0v) is 8.55. The minimum Gasteiger partial charge on any atom is -0.316 e. The second-order valence-electron chi connectivity index (χ2n) is 2.97. The van der Waals surface area contributed by atoms with Crippen LogP contribution in [0.4, 0.5) is 0 Å². The second-order valence-corrected chi connectivity index (χ2v) is 3.36. The van der Waals surface area contributed by atoms with Crippen LogP contribution in [0.5, 0.6) is 0 Å². The largest absolute Gasteiger partial charge is 0.316 e. The molecule has 2 rings (SSSR count). The van der Waals surface area contributed by atoms with Crippen LogP contribution in [0.25, 0.3) is 11.0 Å². The first-order valence-electron chi connectivity index (χ1n) is 4.02.